The first-order chi connectivity index (χ1) is 12.3. The number of methoxy groups -OCH3 is 1. The summed E-state index contributed by atoms with van der Waals surface area (Å²) in [6.45, 7) is 6.11. The summed E-state index contributed by atoms with van der Waals surface area (Å²) in [5.41, 5.74) is 0.583. The highest BCUT2D eigenvalue weighted by molar-refractivity contribution is 7.71. The Morgan fingerprint density at radius 1 is 1.38 bits per heavy atom. The molecule has 3 rings (SSSR count). The normalized spacial score (nSPS) is 14.6. The number of benzene rings is 1. The van der Waals surface area contributed by atoms with Crippen molar-refractivity contribution in [2.75, 3.05) is 7.11 Å². The molecule has 0 atom stereocenters. The lowest BCUT2D eigenvalue weighted by Crippen LogP contribution is -2.17. The molecule has 1 fully saturated rings. The zero-order valence-electron chi connectivity index (χ0n) is 15.3. The van der Waals surface area contributed by atoms with E-state index in [2.05, 4.69) is 15.3 Å². The van der Waals surface area contributed by atoms with Gasteiger partial charge in [-0.3, -0.25) is 9.89 Å². The van der Waals surface area contributed by atoms with E-state index in [0.29, 0.717) is 16.3 Å². The van der Waals surface area contributed by atoms with Crippen LogP contribution in [0.5, 0.6) is 11.5 Å². The first-order valence-corrected chi connectivity index (χ1v) is 8.82. The Kier molecular flexibility index (Phi) is 4.95. The van der Waals surface area contributed by atoms with Gasteiger partial charge >= 0.3 is 5.97 Å². The maximum atomic E-state index is 11.8. The molecule has 138 valence electrons. The number of aromatic amines is 1. The molecular weight excluding hydrogens is 352 g/mol. The Morgan fingerprint density at radius 2 is 2.12 bits per heavy atom. The highest BCUT2D eigenvalue weighted by atomic mass is 32.1. The molecule has 1 aromatic carbocycles. The van der Waals surface area contributed by atoms with Crippen molar-refractivity contribution in [2.24, 2.45) is 11.0 Å². The van der Waals surface area contributed by atoms with Crippen LogP contribution in [0, 0.1) is 10.7 Å². The van der Waals surface area contributed by atoms with Crippen LogP contribution in [0.25, 0.3) is 0 Å². The molecule has 0 bridgehead atoms. The predicted octanol–water partition coefficient (Wildman–Crippen LogP) is 3.44. The van der Waals surface area contributed by atoms with Crippen LogP contribution in [0.1, 0.15) is 45.0 Å². The van der Waals surface area contributed by atoms with Gasteiger partial charge in [0.25, 0.3) is 0 Å². The summed E-state index contributed by atoms with van der Waals surface area (Å²) in [6.07, 6.45) is 3.45. The highest BCUT2D eigenvalue weighted by Crippen LogP contribution is 2.34. The Hall–Kier alpha value is -2.48. The quantitative estimate of drug-likeness (QED) is 0.375. The minimum Gasteiger partial charge on any atom is -0.493 e. The van der Waals surface area contributed by atoms with Gasteiger partial charge in [0.2, 0.25) is 4.77 Å². The van der Waals surface area contributed by atoms with Crippen molar-refractivity contribution < 1.29 is 14.3 Å². The largest absolute Gasteiger partial charge is 0.493 e. The second-order valence-corrected chi connectivity index (χ2v) is 7.65. The van der Waals surface area contributed by atoms with Crippen LogP contribution in [0.4, 0.5) is 0 Å². The minimum absolute atomic E-state index is 0.0275. The highest BCUT2D eigenvalue weighted by Gasteiger charge is 2.32. The number of hydrogen-bond donors (Lipinski definition) is 1. The summed E-state index contributed by atoms with van der Waals surface area (Å²) in [4.78, 5) is 11.8. The van der Waals surface area contributed by atoms with Crippen LogP contribution in [0.2, 0.25) is 0 Å². The van der Waals surface area contributed by atoms with Crippen molar-refractivity contribution in [2.45, 2.75) is 39.0 Å². The van der Waals surface area contributed by atoms with E-state index in [1.807, 2.05) is 26.8 Å². The van der Waals surface area contributed by atoms with E-state index in [1.54, 1.807) is 23.0 Å². The van der Waals surface area contributed by atoms with Crippen molar-refractivity contribution in [3.63, 3.8) is 0 Å². The zero-order valence-corrected chi connectivity index (χ0v) is 16.1. The molecule has 26 heavy (non-hydrogen) atoms. The van der Waals surface area contributed by atoms with Crippen LogP contribution in [0.15, 0.2) is 23.3 Å². The van der Waals surface area contributed by atoms with E-state index in [9.17, 15) is 4.79 Å². The monoisotopic (exact) mass is 374 g/mol. The van der Waals surface area contributed by atoms with Gasteiger partial charge in [0.15, 0.2) is 17.3 Å². The van der Waals surface area contributed by atoms with E-state index in [-0.39, 0.29) is 17.3 Å². The van der Waals surface area contributed by atoms with Crippen molar-refractivity contribution in [1.82, 2.24) is 14.9 Å². The van der Waals surface area contributed by atoms with Crippen LogP contribution >= 0.6 is 12.2 Å². The minimum atomic E-state index is -0.205. The van der Waals surface area contributed by atoms with Crippen LogP contribution in [-0.2, 0) is 10.2 Å². The van der Waals surface area contributed by atoms with Gasteiger partial charge in [-0.25, -0.2) is 0 Å². The lowest BCUT2D eigenvalue weighted by molar-refractivity contribution is -0.135. The molecule has 8 heteroatoms. The van der Waals surface area contributed by atoms with E-state index in [4.69, 9.17) is 21.7 Å². The fraction of sp³-hybridized carbons (Fsp3) is 0.444. The molecule has 0 aliphatic heterocycles. The number of carbonyl (C=O) groups is 1. The van der Waals surface area contributed by atoms with Crippen molar-refractivity contribution in [1.29, 1.82) is 0 Å². The standard InChI is InChI=1S/C18H22N4O3S/c1-18(2,3)16-20-21-17(26)22(16)19-10-11-5-8-13(14(9-11)24-4)25-15(23)12-6-7-12/h5,8-10,12H,6-7H2,1-4H3,(H,21,26)/b19-10-. The summed E-state index contributed by atoms with van der Waals surface area (Å²) in [7, 11) is 1.54. The van der Waals surface area contributed by atoms with Gasteiger partial charge in [0.1, 0.15) is 0 Å². The first-order valence-electron chi connectivity index (χ1n) is 8.41. The van der Waals surface area contributed by atoms with E-state index >= 15 is 0 Å². The number of nitrogens with one attached hydrogen (secondary N) is 1. The smallest absolute Gasteiger partial charge is 0.314 e. The molecule has 0 saturated heterocycles. The maximum absolute atomic E-state index is 11.8. The number of H-pyrrole nitrogens is 1. The third-order valence-corrected chi connectivity index (χ3v) is 4.22. The first kappa shape index (κ1) is 18.3. The molecular formula is C18H22N4O3S. The molecule has 1 aromatic heterocycles. The molecule has 1 N–H and O–H groups in total. The van der Waals surface area contributed by atoms with Crippen molar-refractivity contribution in [3.8, 4) is 11.5 Å². The van der Waals surface area contributed by atoms with Gasteiger partial charge < -0.3 is 9.47 Å². The van der Waals surface area contributed by atoms with Gasteiger partial charge in [-0.05, 0) is 48.8 Å². The number of aromatic nitrogens is 3. The van der Waals surface area contributed by atoms with Crippen molar-refractivity contribution >= 4 is 24.4 Å². The van der Waals surface area contributed by atoms with E-state index in [0.717, 1.165) is 24.2 Å². The molecule has 7 nitrogen and oxygen atoms in total. The van der Waals surface area contributed by atoms with Crippen molar-refractivity contribution in [3.05, 3.63) is 34.4 Å². The molecule has 0 radical (unpaired) electrons. The molecule has 1 heterocycles. The predicted molar refractivity (Wildman–Crippen MR) is 100 cm³/mol. The maximum Gasteiger partial charge on any atom is 0.314 e. The van der Waals surface area contributed by atoms with Gasteiger partial charge in [-0.15, -0.1) is 0 Å². The van der Waals surface area contributed by atoms with Gasteiger partial charge in [-0.1, -0.05) is 20.8 Å². The third kappa shape index (κ3) is 4.01. The summed E-state index contributed by atoms with van der Waals surface area (Å²) < 4.78 is 12.8. The van der Waals surface area contributed by atoms with E-state index < -0.39 is 0 Å². The molecule has 0 amide bonds. The van der Waals surface area contributed by atoms with E-state index in [1.165, 1.54) is 7.11 Å². The molecule has 1 aliphatic carbocycles. The number of hydrogen-bond acceptors (Lipinski definition) is 6. The molecule has 0 unspecified atom stereocenters. The number of rotatable bonds is 5. The summed E-state index contributed by atoms with van der Waals surface area (Å²) >= 11 is 5.25. The Balaban J connectivity index is 1.84. The lowest BCUT2D eigenvalue weighted by Gasteiger charge is -2.15. The summed E-state index contributed by atoms with van der Waals surface area (Å²) in [5.74, 6) is 1.45. The number of ether oxygens (including phenoxy) is 2. The molecule has 0 spiro atoms. The van der Waals surface area contributed by atoms with Crippen LogP contribution in [-0.4, -0.2) is 34.2 Å². The number of carbonyl (C=O) groups excluding carboxylic acids is 1. The summed E-state index contributed by atoms with van der Waals surface area (Å²) in [6, 6.07) is 5.28. The third-order valence-electron chi connectivity index (χ3n) is 3.95. The SMILES string of the molecule is COc1cc(/C=N\n2c(C(C)(C)C)n[nH]c2=S)ccc1OC(=O)C1CC1. The number of nitrogens with zero attached hydrogens (tertiary/aromatic N) is 3. The average molecular weight is 374 g/mol. The lowest BCUT2D eigenvalue weighted by atomic mass is 9.96. The topological polar surface area (TPSA) is 81.5 Å². The molecule has 2 aromatic rings. The van der Waals surface area contributed by atoms with Gasteiger partial charge in [0.05, 0.1) is 19.2 Å². The number of esters is 1. The summed E-state index contributed by atoms with van der Waals surface area (Å²) in [5, 5.41) is 11.5. The second kappa shape index (κ2) is 7.03. The average Bonchev–Trinajstić information content (AvgIpc) is 3.36. The zero-order chi connectivity index (χ0) is 18.9. The van der Waals surface area contributed by atoms with Crippen LogP contribution < -0.4 is 9.47 Å². The van der Waals surface area contributed by atoms with Gasteiger partial charge in [-0.2, -0.15) is 14.9 Å². The second-order valence-electron chi connectivity index (χ2n) is 7.26. The molecule has 1 saturated carbocycles. The Morgan fingerprint density at radius 3 is 2.73 bits per heavy atom. The molecule has 1 aliphatic rings. The van der Waals surface area contributed by atoms with Gasteiger partial charge in [0, 0.05) is 5.41 Å². The Bertz CT molecular complexity index is 904. The fourth-order valence-corrected chi connectivity index (χ4v) is 2.55. The van der Waals surface area contributed by atoms with Crippen LogP contribution in [0.3, 0.4) is 0 Å². The fourth-order valence-electron chi connectivity index (χ4n) is 2.37. The Labute approximate surface area is 157 Å².